The third kappa shape index (κ3) is 4.22. The van der Waals surface area contributed by atoms with Crippen molar-refractivity contribution in [2.45, 2.75) is 25.7 Å². The Balaban J connectivity index is 1.78. The van der Waals surface area contributed by atoms with Crippen molar-refractivity contribution in [2.24, 2.45) is 0 Å². The van der Waals surface area contributed by atoms with E-state index < -0.39 is 0 Å². The minimum absolute atomic E-state index is 0.615. The lowest BCUT2D eigenvalue weighted by molar-refractivity contribution is -0.658. The zero-order valence-electron chi connectivity index (χ0n) is 11.9. The van der Waals surface area contributed by atoms with Gasteiger partial charge in [-0.05, 0) is 11.1 Å². The molecule has 0 saturated heterocycles. The molecule has 1 heteroatoms. The van der Waals surface area contributed by atoms with E-state index in [1.165, 1.54) is 11.1 Å². The van der Waals surface area contributed by atoms with Crippen molar-refractivity contribution in [2.75, 3.05) is 13.1 Å². The van der Waals surface area contributed by atoms with Crippen LogP contribution in [0.5, 0.6) is 0 Å². The average molecular weight is 254 g/mol. The number of quaternary nitrogens is 1. The first-order valence-corrected chi connectivity index (χ1v) is 7.19. The molecule has 0 amide bonds. The van der Waals surface area contributed by atoms with E-state index in [9.17, 15) is 0 Å². The molecular formula is C18H24N+. The van der Waals surface area contributed by atoms with E-state index in [1.54, 1.807) is 0 Å². The summed E-state index contributed by atoms with van der Waals surface area (Å²) in [6.07, 6.45) is 0. The van der Waals surface area contributed by atoms with Crippen molar-refractivity contribution in [1.29, 1.82) is 0 Å². The molecule has 100 valence electrons. The fraction of sp³-hybridized carbons (Fsp3) is 0.333. The number of hydrogen-bond donors (Lipinski definition) is 1. The van der Waals surface area contributed by atoms with Crippen LogP contribution in [0.1, 0.15) is 36.8 Å². The molecule has 2 atom stereocenters. The summed E-state index contributed by atoms with van der Waals surface area (Å²) in [7, 11) is 0. The van der Waals surface area contributed by atoms with Gasteiger partial charge in [-0.15, -0.1) is 0 Å². The van der Waals surface area contributed by atoms with Crippen LogP contribution >= 0.6 is 0 Å². The maximum atomic E-state index is 2.44. The van der Waals surface area contributed by atoms with E-state index in [-0.39, 0.29) is 0 Å². The van der Waals surface area contributed by atoms with Gasteiger partial charge in [-0.2, -0.15) is 0 Å². The molecule has 0 aliphatic rings. The summed E-state index contributed by atoms with van der Waals surface area (Å²) >= 11 is 0. The van der Waals surface area contributed by atoms with Crippen LogP contribution in [0.15, 0.2) is 60.7 Å². The lowest BCUT2D eigenvalue weighted by Gasteiger charge is -2.14. The Morgan fingerprint density at radius 3 is 1.42 bits per heavy atom. The molecule has 19 heavy (non-hydrogen) atoms. The summed E-state index contributed by atoms with van der Waals surface area (Å²) in [6.45, 7) is 6.92. The molecule has 2 aromatic rings. The van der Waals surface area contributed by atoms with Gasteiger partial charge in [0.05, 0.1) is 13.1 Å². The molecule has 0 saturated carbocycles. The van der Waals surface area contributed by atoms with E-state index >= 15 is 0 Å². The molecule has 0 radical (unpaired) electrons. The largest absolute Gasteiger partial charge is 0.345 e. The van der Waals surface area contributed by atoms with Gasteiger partial charge in [0.25, 0.3) is 0 Å². The van der Waals surface area contributed by atoms with Crippen molar-refractivity contribution in [1.82, 2.24) is 0 Å². The summed E-state index contributed by atoms with van der Waals surface area (Å²) in [5, 5.41) is 2.44. The molecule has 0 bridgehead atoms. The molecule has 2 N–H and O–H groups in total. The second-order valence-corrected chi connectivity index (χ2v) is 5.38. The summed E-state index contributed by atoms with van der Waals surface area (Å²) in [6, 6.07) is 21.5. The first kappa shape index (κ1) is 13.8. The van der Waals surface area contributed by atoms with Crippen LogP contribution in [0.25, 0.3) is 0 Å². The van der Waals surface area contributed by atoms with Crippen LogP contribution in [0.2, 0.25) is 0 Å². The van der Waals surface area contributed by atoms with E-state index in [0.29, 0.717) is 11.8 Å². The maximum Gasteiger partial charge on any atom is 0.0822 e. The van der Waals surface area contributed by atoms with Crippen LogP contribution < -0.4 is 5.32 Å². The van der Waals surface area contributed by atoms with Crippen LogP contribution in [-0.2, 0) is 0 Å². The van der Waals surface area contributed by atoms with Crippen molar-refractivity contribution in [3.8, 4) is 0 Å². The summed E-state index contributed by atoms with van der Waals surface area (Å²) < 4.78 is 0. The van der Waals surface area contributed by atoms with Gasteiger partial charge >= 0.3 is 0 Å². The van der Waals surface area contributed by atoms with Gasteiger partial charge in [0.2, 0.25) is 0 Å². The Bertz CT molecular complexity index is 418. The third-order valence-corrected chi connectivity index (χ3v) is 3.78. The molecular weight excluding hydrogens is 230 g/mol. The Morgan fingerprint density at radius 1 is 0.684 bits per heavy atom. The molecule has 0 heterocycles. The SMILES string of the molecule is C[C@@H](C[NH2+]C[C@H](C)c1ccccc1)c1ccccc1. The van der Waals surface area contributed by atoms with Gasteiger partial charge < -0.3 is 5.32 Å². The molecule has 0 aliphatic carbocycles. The topological polar surface area (TPSA) is 16.6 Å². The van der Waals surface area contributed by atoms with Crippen LogP contribution in [0, 0.1) is 0 Å². The van der Waals surface area contributed by atoms with Gasteiger partial charge in [0.1, 0.15) is 0 Å². The molecule has 0 aromatic heterocycles. The Labute approximate surface area is 116 Å². The number of hydrogen-bond acceptors (Lipinski definition) is 0. The van der Waals surface area contributed by atoms with E-state index in [4.69, 9.17) is 0 Å². The molecule has 0 aliphatic heterocycles. The Hall–Kier alpha value is -1.60. The van der Waals surface area contributed by atoms with E-state index in [1.807, 2.05) is 0 Å². The third-order valence-electron chi connectivity index (χ3n) is 3.78. The number of nitrogens with two attached hydrogens (primary N) is 1. The monoisotopic (exact) mass is 254 g/mol. The van der Waals surface area contributed by atoms with Crippen molar-refractivity contribution >= 4 is 0 Å². The number of benzene rings is 2. The van der Waals surface area contributed by atoms with Gasteiger partial charge in [0, 0.05) is 11.8 Å². The quantitative estimate of drug-likeness (QED) is 0.815. The molecule has 2 rings (SSSR count). The first-order chi connectivity index (χ1) is 9.27. The molecule has 0 spiro atoms. The molecule has 0 unspecified atom stereocenters. The van der Waals surface area contributed by atoms with Crippen molar-refractivity contribution in [3.05, 3.63) is 71.8 Å². The zero-order valence-corrected chi connectivity index (χ0v) is 11.9. The summed E-state index contributed by atoms with van der Waals surface area (Å²) in [5.74, 6) is 1.23. The van der Waals surface area contributed by atoms with Crippen LogP contribution in [0.3, 0.4) is 0 Å². The summed E-state index contributed by atoms with van der Waals surface area (Å²) in [5.41, 5.74) is 2.87. The predicted octanol–water partition coefficient (Wildman–Crippen LogP) is 3.16. The fourth-order valence-corrected chi connectivity index (χ4v) is 2.43. The minimum atomic E-state index is 0.615. The summed E-state index contributed by atoms with van der Waals surface area (Å²) in [4.78, 5) is 0. The highest BCUT2D eigenvalue weighted by molar-refractivity contribution is 5.19. The Morgan fingerprint density at radius 2 is 1.05 bits per heavy atom. The van der Waals surface area contributed by atoms with Gasteiger partial charge in [-0.25, -0.2) is 0 Å². The second kappa shape index (κ2) is 7.10. The van der Waals surface area contributed by atoms with E-state index in [2.05, 4.69) is 79.8 Å². The van der Waals surface area contributed by atoms with Crippen molar-refractivity contribution in [3.63, 3.8) is 0 Å². The lowest BCUT2D eigenvalue weighted by Crippen LogP contribution is -2.86. The fourth-order valence-electron chi connectivity index (χ4n) is 2.43. The average Bonchev–Trinajstić information content (AvgIpc) is 2.49. The van der Waals surface area contributed by atoms with E-state index in [0.717, 1.165) is 13.1 Å². The van der Waals surface area contributed by atoms with Crippen molar-refractivity contribution < 1.29 is 5.32 Å². The predicted molar refractivity (Wildman–Crippen MR) is 81.4 cm³/mol. The highest BCUT2D eigenvalue weighted by atomic mass is 14.9. The zero-order chi connectivity index (χ0) is 13.5. The van der Waals surface area contributed by atoms with Gasteiger partial charge in [-0.3, -0.25) is 0 Å². The number of rotatable bonds is 6. The first-order valence-electron chi connectivity index (χ1n) is 7.19. The minimum Gasteiger partial charge on any atom is -0.345 e. The molecule has 1 nitrogen and oxygen atoms in total. The molecule has 0 fully saturated rings. The van der Waals surface area contributed by atoms with Crippen LogP contribution in [-0.4, -0.2) is 13.1 Å². The highest BCUT2D eigenvalue weighted by Crippen LogP contribution is 2.13. The standard InChI is InChI=1S/C18H23N/c1-15(17-9-5-3-6-10-17)13-19-14-16(2)18-11-7-4-8-12-18/h3-12,15-16,19H,13-14H2,1-2H3/p+1/t15-,16-/m0/s1. The normalized spacial score (nSPS) is 14.0. The second-order valence-electron chi connectivity index (χ2n) is 5.38. The Kier molecular flexibility index (Phi) is 5.17. The van der Waals surface area contributed by atoms with Crippen LogP contribution in [0.4, 0.5) is 0 Å². The van der Waals surface area contributed by atoms with Gasteiger partial charge in [0.15, 0.2) is 0 Å². The lowest BCUT2D eigenvalue weighted by atomic mass is 9.99. The van der Waals surface area contributed by atoms with Gasteiger partial charge in [-0.1, -0.05) is 74.5 Å². The highest BCUT2D eigenvalue weighted by Gasteiger charge is 2.10. The maximum absolute atomic E-state index is 2.44. The molecule has 2 aromatic carbocycles. The smallest absolute Gasteiger partial charge is 0.0822 e.